The summed E-state index contributed by atoms with van der Waals surface area (Å²) in [5, 5.41) is 4.07. The third-order valence-corrected chi connectivity index (χ3v) is 2.54. The molecule has 2 nitrogen and oxygen atoms in total. The van der Waals surface area contributed by atoms with E-state index < -0.39 is 0 Å². The lowest BCUT2D eigenvalue weighted by Crippen LogP contribution is -2.12. The van der Waals surface area contributed by atoms with Crippen molar-refractivity contribution < 1.29 is 4.74 Å². The minimum atomic E-state index is 0.585. The molecule has 0 unspecified atom stereocenters. The Morgan fingerprint density at radius 3 is 2.75 bits per heavy atom. The number of aryl methyl sites for hydroxylation is 1. The fourth-order valence-corrected chi connectivity index (χ4v) is 1.71. The molecular formula is C13H20ClNO. The summed E-state index contributed by atoms with van der Waals surface area (Å²) in [6.45, 7) is 8.64. The van der Waals surface area contributed by atoms with Gasteiger partial charge in [-0.05, 0) is 24.5 Å². The Morgan fingerprint density at radius 2 is 2.12 bits per heavy atom. The van der Waals surface area contributed by atoms with E-state index in [1.54, 1.807) is 0 Å². The van der Waals surface area contributed by atoms with E-state index in [9.17, 15) is 0 Å². The van der Waals surface area contributed by atoms with Crippen LogP contribution in [0.2, 0.25) is 5.02 Å². The molecule has 0 radical (unpaired) electrons. The fourth-order valence-electron chi connectivity index (χ4n) is 1.42. The number of rotatable bonds is 6. The zero-order valence-corrected chi connectivity index (χ0v) is 11.0. The van der Waals surface area contributed by atoms with Gasteiger partial charge < -0.3 is 10.1 Å². The Morgan fingerprint density at radius 1 is 1.38 bits per heavy atom. The maximum absolute atomic E-state index is 6.09. The van der Waals surface area contributed by atoms with E-state index >= 15 is 0 Å². The Labute approximate surface area is 103 Å². The second-order valence-corrected chi connectivity index (χ2v) is 4.73. The highest BCUT2D eigenvalue weighted by Gasteiger charge is 2.02. The maximum Gasteiger partial charge on any atom is 0.0640 e. The van der Waals surface area contributed by atoms with Gasteiger partial charge in [-0.15, -0.1) is 0 Å². The van der Waals surface area contributed by atoms with Crippen molar-refractivity contribution in [3.63, 3.8) is 0 Å². The van der Waals surface area contributed by atoms with Crippen LogP contribution in [0.15, 0.2) is 18.2 Å². The van der Waals surface area contributed by atoms with Gasteiger partial charge in [0.1, 0.15) is 0 Å². The van der Waals surface area contributed by atoms with E-state index in [1.807, 2.05) is 25.1 Å². The number of para-hydroxylation sites is 1. The van der Waals surface area contributed by atoms with Crippen LogP contribution >= 0.6 is 11.6 Å². The van der Waals surface area contributed by atoms with Gasteiger partial charge in [-0.2, -0.15) is 0 Å². The van der Waals surface area contributed by atoms with Crippen molar-refractivity contribution in [1.82, 2.24) is 0 Å². The molecule has 0 aliphatic heterocycles. The third kappa shape index (κ3) is 4.42. The summed E-state index contributed by atoms with van der Waals surface area (Å²) in [4.78, 5) is 0. The monoisotopic (exact) mass is 241 g/mol. The van der Waals surface area contributed by atoms with Crippen LogP contribution in [0.5, 0.6) is 0 Å². The Kier molecular flexibility index (Phi) is 5.64. The molecule has 0 heterocycles. The number of hydrogen-bond donors (Lipinski definition) is 1. The average Bonchev–Trinajstić information content (AvgIpc) is 2.21. The summed E-state index contributed by atoms with van der Waals surface area (Å²) < 4.78 is 5.49. The first-order valence-electron chi connectivity index (χ1n) is 5.68. The fraction of sp³-hybridized carbons (Fsp3) is 0.538. The van der Waals surface area contributed by atoms with E-state index in [-0.39, 0.29) is 0 Å². The SMILES string of the molecule is Cc1cccc(Cl)c1NCCOCC(C)C. The molecule has 3 heteroatoms. The van der Waals surface area contributed by atoms with Crippen molar-refractivity contribution in [3.05, 3.63) is 28.8 Å². The molecule has 16 heavy (non-hydrogen) atoms. The topological polar surface area (TPSA) is 21.3 Å². The van der Waals surface area contributed by atoms with Gasteiger partial charge in [0.15, 0.2) is 0 Å². The van der Waals surface area contributed by atoms with Crippen molar-refractivity contribution in [2.45, 2.75) is 20.8 Å². The van der Waals surface area contributed by atoms with Crippen LogP contribution < -0.4 is 5.32 Å². The average molecular weight is 242 g/mol. The zero-order valence-electron chi connectivity index (χ0n) is 10.2. The second kappa shape index (κ2) is 6.77. The van der Waals surface area contributed by atoms with Crippen molar-refractivity contribution >= 4 is 17.3 Å². The normalized spacial score (nSPS) is 10.8. The van der Waals surface area contributed by atoms with Crippen molar-refractivity contribution in [2.24, 2.45) is 5.92 Å². The van der Waals surface area contributed by atoms with Crippen LogP contribution in [0.1, 0.15) is 19.4 Å². The van der Waals surface area contributed by atoms with E-state index in [4.69, 9.17) is 16.3 Å². The van der Waals surface area contributed by atoms with Crippen LogP contribution in [0.4, 0.5) is 5.69 Å². The van der Waals surface area contributed by atoms with E-state index in [2.05, 4.69) is 19.2 Å². The van der Waals surface area contributed by atoms with Gasteiger partial charge in [-0.1, -0.05) is 37.6 Å². The van der Waals surface area contributed by atoms with Crippen molar-refractivity contribution in [1.29, 1.82) is 0 Å². The second-order valence-electron chi connectivity index (χ2n) is 4.33. The van der Waals surface area contributed by atoms with Crippen LogP contribution in [-0.4, -0.2) is 19.8 Å². The van der Waals surface area contributed by atoms with E-state index in [1.165, 1.54) is 0 Å². The van der Waals surface area contributed by atoms with Crippen molar-refractivity contribution in [3.8, 4) is 0 Å². The molecule has 1 N–H and O–H groups in total. The molecule has 90 valence electrons. The summed E-state index contributed by atoms with van der Waals surface area (Å²) in [5.41, 5.74) is 2.17. The van der Waals surface area contributed by atoms with Gasteiger partial charge in [0.25, 0.3) is 0 Å². The van der Waals surface area contributed by atoms with Gasteiger partial charge in [0.05, 0.1) is 17.3 Å². The lowest BCUT2D eigenvalue weighted by Gasteiger charge is -2.12. The number of hydrogen-bond acceptors (Lipinski definition) is 2. The van der Waals surface area contributed by atoms with E-state index in [0.717, 1.165) is 29.4 Å². The summed E-state index contributed by atoms with van der Waals surface area (Å²) >= 11 is 6.09. The lowest BCUT2D eigenvalue weighted by molar-refractivity contribution is 0.118. The van der Waals surface area contributed by atoms with Gasteiger partial charge >= 0.3 is 0 Å². The maximum atomic E-state index is 6.09. The number of halogens is 1. The first kappa shape index (κ1) is 13.3. The van der Waals surface area contributed by atoms with Crippen LogP contribution in [0.3, 0.4) is 0 Å². The van der Waals surface area contributed by atoms with Gasteiger partial charge in [0, 0.05) is 13.2 Å². The molecule has 1 rings (SSSR count). The van der Waals surface area contributed by atoms with Gasteiger partial charge in [-0.3, -0.25) is 0 Å². The van der Waals surface area contributed by atoms with Crippen LogP contribution in [-0.2, 0) is 4.74 Å². The summed E-state index contributed by atoms with van der Waals surface area (Å²) in [6.07, 6.45) is 0. The molecule has 0 atom stereocenters. The lowest BCUT2D eigenvalue weighted by atomic mass is 10.2. The molecule has 0 fully saturated rings. The van der Waals surface area contributed by atoms with Crippen LogP contribution in [0.25, 0.3) is 0 Å². The predicted octanol–water partition coefficient (Wildman–Crippen LogP) is 3.73. The smallest absolute Gasteiger partial charge is 0.0640 e. The molecule has 0 aliphatic carbocycles. The molecule has 0 aliphatic rings. The number of anilines is 1. The molecule has 1 aromatic rings. The third-order valence-electron chi connectivity index (χ3n) is 2.22. The largest absolute Gasteiger partial charge is 0.381 e. The first-order chi connectivity index (χ1) is 7.61. The quantitative estimate of drug-likeness (QED) is 0.767. The number of nitrogens with one attached hydrogen (secondary N) is 1. The Bertz CT molecular complexity index is 305. The molecular weight excluding hydrogens is 222 g/mol. The highest BCUT2D eigenvalue weighted by Crippen LogP contribution is 2.24. The first-order valence-corrected chi connectivity index (χ1v) is 6.05. The zero-order chi connectivity index (χ0) is 12.0. The highest BCUT2D eigenvalue weighted by atomic mass is 35.5. The van der Waals surface area contributed by atoms with Crippen LogP contribution in [0, 0.1) is 12.8 Å². The molecule has 0 bridgehead atoms. The standard InChI is InChI=1S/C13H20ClNO/c1-10(2)9-16-8-7-15-13-11(3)5-4-6-12(13)14/h4-6,10,15H,7-9H2,1-3H3. The molecule has 0 saturated carbocycles. The van der Waals surface area contributed by atoms with E-state index in [0.29, 0.717) is 12.5 Å². The molecule has 1 aromatic carbocycles. The molecule has 0 amide bonds. The number of benzene rings is 1. The van der Waals surface area contributed by atoms with Gasteiger partial charge in [0.2, 0.25) is 0 Å². The minimum absolute atomic E-state index is 0.585. The Balaban J connectivity index is 2.32. The summed E-state index contributed by atoms with van der Waals surface area (Å²) in [5.74, 6) is 0.585. The highest BCUT2D eigenvalue weighted by molar-refractivity contribution is 6.33. The molecule has 0 spiro atoms. The number of ether oxygens (including phenoxy) is 1. The predicted molar refractivity (Wildman–Crippen MR) is 70.3 cm³/mol. The molecule has 0 aromatic heterocycles. The summed E-state index contributed by atoms with van der Waals surface area (Å²) in [6, 6.07) is 5.90. The van der Waals surface area contributed by atoms with Crippen molar-refractivity contribution in [2.75, 3.05) is 25.1 Å². The molecule has 0 saturated heterocycles. The Hall–Kier alpha value is -0.730. The minimum Gasteiger partial charge on any atom is -0.381 e. The summed E-state index contributed by atoms with van der Waals surface area (Å²) in [7, 11) is 0. The van der Waals surface area contributed by atoms with Gasteiger partial charge in [-0.25, -0.2) is 0 Å².